The van der Waals surface area contributed by atoms with Gasteiger partial charge in [-0.25, -0.2) is 4.98 Å². The van der Waals surface area contributed by atoms with Gasteiger partial charge in [0.2, 0.25) is 5.88 Å². The number of aromatic nitrogens is 1. The van der Waals surface area contributed by atoms with Crippen molar-refractivity contribution in [2.75, 3.05) is 27.2 Å². The molecule has 0 N–H and O–H groups in total. The lowest BCUT2D eigenvalue weighted by Crippen LogP contribution is -2.42. The molecule has 1 aromatic carbocycles. The maximum absolute atomic E-state index is 13.4. The van der Waals surface area contributed by atoms with Crippen LogP contribution in [-0.2, 0) is 0 Å². The topological polar surface area (TPSA) is 69.5 Å². The summed E-state index contributed by atoms with van der Waals surface area (Å²) in [6.07, 6.45) is 4.80. The van der Waals surface area contributed by atoms with Gasteiger partial charge in [-0.2, -0.15) is 5.26 Å². The summed E-state index contributed by atoms with van der Waals surface area (Å²) in [4.78, 5) is 21.9. The minimum atomic E-state index is 0.0872. The fraction of sp³-hybridized carbons (Fsp3) is 0.409. The lowest BCUT2D eigenvalue weighted by Gasteiger charge is -2.28. The predicted octanol–water partition coefficient (Wildman–Crippen LogP) is 2.94. The zero-order valence-electron chi connectivity index (χ0n) is 16.3. The van der Waals surface area contributed by atoms with Gasteiger partial charge in [-0.05, 0) is 56.6 Å². The summed E-state index contributed by atoms with van der Waals surface area (Å²) in [5.74, 6) is 0.384. The van der Waals surface area contributed by atoms with Crippen LogP contribution in [0, 0.1) is 11.3 Å². The summed E-state index contributed by atoms with van der Waals surface area (Å²) in [6.45, 7) is 1.97. The largest absolute Gasteiger partial charge is 0.480 e. The van der Waals surface area contributed by atoms with Crippen LogP contribution in [0.2, 0.25) is 0 Å². The SMILES string of the molecule is COc1nccc(-c2cccc(C(=O)N3[C@@H]4CC[C@H]3CN(C)CC4)c2)c1C#N. The summed E-state index contributed by atoms with van der Waals surface area (Å²) in [5, 5.41) is 9.56. The monoisotopic (exact) mass is 376 g/mol. The third kappa shape index (κ3) is 3.23. The molecule has 1 aromatic heterocycles. The first-order valence-electron chi connectivity index (χ1n) is 9.67. The van der Waals surface area contributed by atoms with E-state index in [1.165, 1.54) is 7.11 Å². The van der Waals surface area contributed by atoms with E-state index in [1.54, 1.807) is 12.3 Å². The van der Waals surface area contributed by atoms with Crippen molar-refractivity contribution in [1.82, 2.24) is 14.8 Å². The smallest absolute Gasteiger partial charge is 0.254 e. The van der Waals surface area contributed by atoms with E-state index in [2.05, 4.69) is 27.9 Å². The molecule has 0 saturated carbocycles. The number of methoxy groups -OCH3 is 1. The molecule has 0 unspecified atom stereocenters. The van der Waals surface area contributed by atoms with Gasteiger partial charge in [0.1, 0.15) is 11.6 Å². The number of hydrogen-bond acceptors (Lipinski definition) is 5. The highest BCUT2D eigenvalue weighted by Gasteiger charge is 2.39. The van der Waals surface area contributed by atoms with E-state index >= 15 is 0 Å². The van der Waals surface area contributed by atoms with E-state index in [9.17, 15) is 10.1 Å². The average Bonchev–Trinajstić information content (AvgIpc) is 3.04. The summed E-state index contributed by atoms with van der Waals surface area (Å²) in [6, 6.07) is 12.1. The number of amides is 1. The molecule has 4 rings (SSSR count). The number of hydrogen-bond donors (Lipinski definition) is 0. The number of likely N-dealkylation sites (tertiary alicyclic amines) is 1. The van der Waals surface area contributed by atoms with E-state index < -0.39 is 0 Å². The van der Waals surface area contributed by atoms with Gasteiger partial charge in [0, 0.05) is 36.0 Å². The highest BCUT2D eigenvalue weighted by Crippen LogP contribution is 2.33. The van der Waals surface area contributed by atoms with Crippen molar-refractivity contribution < 1.29 is 9.53 Å². The van der Waals surface area contributed by atoms with Gasteiger partial charge in [-0.1, -0.05) is 12.1 Å². The molecular weight excluding hydrogens is 352 g/mol. The number of benzene rings is 1. The molecular formula is C22H24N4O2. The first-order valence-corrected chi connectivity index (χ1v) is 9.67. The summed E-state index contributed by atoms with van der Waals surface area (Å²) >= 11 is 0. The number of nitrogens with zero attached hydrogens (tertiary/aromatic N) is 4. The summed E-state index contributed by atoms with van der Waals surface area (Å²) in [7, 11) is 3.63. The van der Waals surface area contributed by atoms with Crippen LogP contribution in [0.25, 0.3) is 11.1 Å². The highest BCUT2D eigenvalue weighted by molar-refractivity contribution is 5.96. The molecule has 2 bridgehead atoms. The zero-order chi connectivity index (χ0) is 19.7. The number of pyridine rings is 1. The van der Waals surface area contributed by atoms with Gasteiger partial charge in [0.05, 0.1) is 7.11 Å². The lowest BCUT2D eigenvalue weighted by atomic mass is 9.99. The number of carbonyl (C=O) groups is 1. The van der Waals surface area contributed by atoms with E-state index in [1.807, 2.05) is 24.3 Å². The zero-order valence-corrected chi connectivity index (χ0v) is 16.3. The van der Waals surface area contributed by atoms with E-state index in [0.29, 0.717) is 23.0 Å². The van der Waals surface area contributed by atoms with Gasteiger partial charge < -0.3 is 14.5 Å². The van der Waals surface area contributed by atoms with Gasteiger partial charge in [-0.3, -0.25) is 4.79 Å². The van der Waals surface area contributed by atoms with Crippen molar-refractivity contribution in [3.8, 4) is 23.1 Å². The molecule has 0 aliphatic carbocycles. The van der Waals surface area contributed by atoms with Crippen molar-refractivity contribution in [2.24, 2.45) is 0 Å². The summed E-state index contributed by atoms with van der Waals surface area (Å²) < 4.78 is 5.22. The first kappa shape index (κ1) is 18.5. The molecule has 2 saturated heterocycles. The Morgan fingerprint density at radius 2 is 2.07 bits per heavy atom. The lowest BCUT2D eigenvalue weighted by molar-refractivity contribution is 0.0673. The van der Waals surface area contributed by atoms with Crippen LogP contribution in [-0.4, -0.2) is 60.0 Å². The Morgan fingerprint density at radius 1 is 1.25 bits per heavy atom. The Kier molecular flexibility index (Phi) is 5.01. The number of likely N-dealkylation sites (N-methyl/N-ethyl adjacent to an activating group) is 1. The molecule has 3 heterocycles. The molecule has 1 amide bonds. The number of carbonyl (C=O) groups excluding carboxylic acids is 1. The van der Waals surface area contributed by atoms with E-state index in [4.69, 9.17) is 4.74 Å². The van der Waals surface area contributed by atoms with Gasteiger partial charge in [-0.15, -0.1) is 0 Å². The number of ether oxygens (including phenoxy) is 1. The second kappa shape index (κ2) is 7.61. The fourth-order valence-electron chi connectivity index (χ4n) is 4.49. The Labute approximate surface area is 165 Å². The van der Waals surface area contributed by atoms with Crippen LogP contribution in [0.5, 0.6) is 5.88 Å². The molecule has 2 fully saturated rings. The molecule has 6 nitrogen and oxygen atoms in total. The number of fused-ring (bicyclic) bond motifs is 2. The van der Waals surface area contributed by atoms with Crippen molar-refractivity contribution in [2.45, 2.75) is 31.3 Å². The normalized spacial score (nSPS) is 21.8. The molecule has 2 atom stereocenters. The molecule has 28 heavy (non-hydrogen) atoms. The molecule has 0 radical (unpaired) electrons. The molecule has 144 valence electrons. The van der Waals surface area contributed by atoms with Gasteiger partial charge >= 0.3 is 0 Å². The Bertz CT molecular complexity index is 936. The molecule has 6 heteroatoms. The van der Waals surface area contributed by atoms with Gasteiger partial charge in [0.25, 0.3) is 5.91 Å². The molecule has 0 spiro atoms. The average molecular weight is 376 g/mol. The van der Waals surface area contributed by atoms with E-state index in [0.717, 1.165) is 43.5 Å². The minimum absolute atomic E-state index is 0.0872. The third-order valence-electron chi connectivity index (χ3n) is 5.86. The molecule has 2 aliphatic heterocycles. The second-order valence-electron chi connectivity index (χ2n) is 7.58. The maximum Gasteiger partial charge on any atom is 0.254 e. The highest BCUT2D eigenvalue weighted by atomic mass is 16.5. The fourth-order valence-corrected chi connectivity index (χ4v) is 4.49. The first-order chi connectivity index (χ1) is 13.6. The van der Waals surface area contributed by atoms with Crippen molar-refractivity contribution in [3.63, 3.8) is 0 Å². The van der Waals surface area contributed by atoms with Crippen molar-refractivity contribution in [3.05, 3.63) is 47.7 Å². The molecule has 2 aliphatic rings. The third-order valence-corrected chi connectivity index (χ3v) is 5.86. The maximum atomic E-state index is 13.4. The standard InChI is InChI=1S/C22H24N4O2/c1-25-11-9-17-6-7-18(14-25)26(17)22(27)16-5-3-4-15(12-16)19-8-10-24-21(28-2)20(19)13-23/h3-5,8,10,12,17-18H,6-7,9,11,14H2,1-2H3/t17-,18+/m1/s1. The van der Waals surface area contributed by atoms with Crippen molar-refractivity contribution in [1.29, 1.82) is 5.26 Å². The van der Waals surface area contributed by atoms with E-state index in [-0.39, 0.29) is 11.9 Å². The molecule has 2 aromatic rings. The number of rotatable bonds is 3. The summed E-state index contributed by atoms with van der Waals surface area (Å²) in [5.41, 5.74) is 2.59. The van der Waals surface area contributed by atoms with Crippen LogP contribution in [0.3, 0.4) is 0 Å². The Hall–Kier alpha value is -2.91. The Morgan fingerprint density at radius 3 is 2.86 bits per heavy atom. The predicted molar refractivity (Wildman–Crippen MR) is 106 cm³/mol. The Balaban J connectivity index is 1.69. The second-order valence-corrected chi connectivity index (χ2v) is 7.58. The quantitative estimate of drug-likeness (QED) is 0.824. The van der Waals surface area contributed by atoms with Crippen LogP contribution in [0.15, 0.2) is 36.5 Å². The van der Waals surface area contributed by atoms with Crippen LogP contribution in [0.4, 0.5) is 0 Å². The minimum Gasteiger partial charge on any atom is -0.480 e. The van der Waals surface area contributed by atoms with Crippen LogP contribution in [0.1, 0.15) is 35.2 Å². The van der Waals surface area contributed by atoms with Crippen molar-refractivity contribution >= 4 is 5.91 Å². The van der Waals surface area contributed by atoms with Gasteiger partial charge in [0.15, 0.2) is 0 Å². The van der Waals surface area contributed by atoms with Crippen LogP contribution >= 0.6 is 0 Å². The number of nitriles is 1. The van der Waals surface area contributed by atoms with Crippen LogP contribution < -0.4 is 4.74 Å².